The molecule has 2 nitrogen and oxygen atoms in total. The lowest BCUT2D eigenvalue weighted by Gasteiger charge is -1.99. The first kappa shape index (κ1) is 7.72. The summed E-state index contributed by atoms with van der Waals surface area (Å²) in [6.45, 7) is 1.37. The average molecular weight is 152 g/mol. The van der Waals surface area contributed by atoms with E-state index in [0.29, 0.717) is 5.69 Å². The molecule has 0 saturated carbocycles. The molecule has 0 saturated heterocycles. The van der Waals surface area contributed by atoms with E-state index in [-0.39, 0.29) is 5.91 Å². The van der Waals surface area contributed by atoms with Crippen molar-refractivity contribution in [3.63, 3.8) is 0 Å². The van der Waals surface area contributed by atoms with Gasteiger partial charge in [-0.1, -0.05) is 0 Å². The lowest BCUT2D eigenvalue weighted by Crippen LogP contribution is -2.05. The van der Waals surface area contributed by atoms with E-state index >= 15 is 0 Å². The van der Waals surface area contributed by atoms with Gasteiger partial charge in [0.25, 0.3) is 0 Å². The Kier molecular flexibility index (Phi) is 2.21. The second kappa shape index (κ2) is 3.14. The first-order valence-corrected chi connectivity index (χ1v) is 3.13. The Morgan fingerprint density at radius 1 is 1.73 bits per heavy atom. The number of hydrogen-bond donors (Lipinski definition) is 1. The van der Waals surface area contributed by atoms with Gasteiger partial charge in [0, 0.05) is 18.7 Å². The maximum atomic E-state index is 12.4. The molecule has 0 aliphatic rings. The minimum Gasteiger partial charge on any atom is -0.326 e. The van der Waals surface area contributed by atoms with Gasteiger partial charge < -0.3 is 5.32 Å². The number of halogens is 1. The van der Waals surface area contributed by atoms with Gasteiger partial charge in [-0.05, 0) is 18.2 Å². The standard InChI is InChI=1S/C8H7FNO/c1-6(11)10-8-4-2-3-7(9)5-8/h2,4-5H,1H3,(H,10,11). The highest BCUT2D eigenvalue weighted by atomic mass is 19.1. The van der Waals surface area contributed by atoms with Gasteiger partial charge in [-0.15, -0.1) is 0 Å². The van der Waals surface area contributed by atoms with Crippen LogP contribution in [0.25, 0.3) is 0 Å². The van der Waals surface area contributed by atoms with Gasteiger partial charge in [-0.3, -0.25) is 4.79 Å². The smallest absolute Gasteiger partial charge is 0.221 e. The zero-order valence-electron chi connectivity index (χ0n) is 6.02. The number of nitrogens with one attached hydrogen (secondary N) is 1. The molecule has 1 N–H and O–H groups in total. The summed E-state index contributed by atoms with van der Waals surface area (Å²) in [7, 11) is 0. The molecule has 1 aromatic carbocycles. The normalized spacial score (nSPS) is 9.27. The summed E-state index contributed by atoms with van der Waals surface area (Å²) < 4.78 is 12.4. The quantitative estimate of drug-likeness (QED) is 0.650. The molecule has 1 aromatic rings. The molecule has 0 fully saturated rings. The molecule has 1 radical (unpaired) electrons. The molecule has 0 aromatic heterocycles. The minimum absolute atomic E-state index is 0.212. The first-order valence-electron chi connectivity index (χ1n) is 3.13. The molecule has 0 aliphatic carbocycles. The minimum atomic E-state index is -0.476. The number of hydrogen-bond acceptors (Lipinski definition) is 1. The van der Waals surface area contributed by atoms with E-state index in [4.69, 9.17) is 0 Å². The summed E-state index contributed by atoms with van der Waals surface area (Å²) in [6.07, 6.45) is 0. The van der Waals surface area contributed by atoms with Crippen LogP contribution in [0.2, 0.25) is 0 Å². The Balaban J connectivity index is 2.79. The molecule has 0 unspecified atom stereocenters. The Morgan fingerprint density at radius 3 is 3.00 bits per heavy atom. The first-order chi connectivity index (χ1) is 5.18. The third kappa shape index (κ3) is 2.37. The third-order valence-corrected chi connectivity index (χ3v) is 1.09. The van der Waals surface area contributed by atoms with E-state index < -0.39 is 5.82 Å². The number of anilines is 1. The second-order valence-corrected chi connectivity index (χ2v) is 2.11. The predicted octanol–water partition coefficient (Wildman–Crippen LogP) is 1.58. The monoisotopic (exact) mass is 152 g/mol. The van der Waals surface area contributed by atoms with Crippen LogP contribution in [0.15, 0.2) is 18.2 Å². The van der Waals surface area contributed by atoms with Gasteiger partial charge in [-0.2, -0.15) is 0 Å². The van der Waals surface area contributed by atoms with Crippen LogP contribution in [0.1, 0.15) is 6.92 Å². The van der Waals surface area contributed by atoms with Crippen LogP contribution in [-0.4, -0.2) is 5.91 Å². The van der Waals surface area contributed by atoms with E-state index in [1.807, 2.05) is 0 Å². The van der Waals surface area contributed by atoms with Crippen LogP contribution in [0.5, 0.6) is 0 Å². The fourth-order valence-electron chi connectivity index (χ4n) is 0.718. The fourth-order valence-corrected chi connectivity index (χ4v) is 0.718. The summed E-state index contributed by atoms with van der Waals surface area (Å²) in [4.78, 5) is 10.5. The van der Waals surface area contributed by atoms with Crippen molar-refractivity contribution in [3.8, 4) is 0 Å². The van der Waals surface area contributed by atoms with Crippen molar-refractivity contribution in [2.45, 2.75) is 6.92 Å². The SMILES string of the molecule is CC(=O)Nc1cc[c]c(F)c1. The predicted molar refractivity (Wildman–Crippen MR) is 39.5 cm³/mol. The highest BCUT2D eigenvalue weighted by molar-refractivity contribution is 5.88. The van der Waals surface area contributed by atoms with Crippen LogP contribution in [0.3, 0.4) is 0 Å². The summed E-state index contributed by atoms with van der Waals surface area (Å²) in [5, 5.41) is 2.45. The van der Waals surface area contributed by atoms with Gasteiger partial charge >= 0.3 is 0 Å². The molecular weight excluding hydrogens is 145 g/mol. The van der Waals surface area contributed by atoms with Gasteiger partial charge in [0.15, 0.2) is 0 Å². The topological polar surface area (TPSA) is 29.1 Å². The molecule has 0 spiro atoms. The van der Waals surface area contributed by atoms with Crippen LogP contribution in [0.4, 0.5) is 10.1 Å². The van der Waals surface area contributed by atoms with E-state index in [1.54, 1.807) is 6.07 Å². The molecule has 1 amide bonds. The Morgan fingerprint density at radius 2 is 2.45 bits per heavy atom. The largest absolute Gasteiger partial charge is 0.326 e. The molecule has 0 bridgehead atoms. The maximum Gasteiger partial charge on any atom is 0.221 e. The van der Waals surface area contributed by atoms with E-state index in [0.717, 1.165) is 0 Å². The van der Waals surface area contributed by atoms with Crippen molar-refractivity contribution < 1.29 is 9.18 Å². The zero-order valence-corrected chi connectivity index (χ0v) is 6.02. The van der Waals surface area contributed by atoms with Crippen molar-refractivity contribution in [1.82, 2.24) is 0 Å². The van der Waals surface area contributed by atoms with Gasteiger partial charge in [0.2, 0.25) is 5.91 Å². The number of carbonyl (C=O) groups is 1. The van der Waals surface area contributed by atoms with E-state index in [2.05, 4.69) is 11.4 Å². The second-order valence-electron chi connectivity index (χ2n) is 2.11. The average Bonchev–Trinajstić information content (AvgIpc) is 1.85. The number of rotatable bonds is 1. The van der Waals surface area contributed by atoms with E-state index in [9.17, 15) is 9.18 Å². The van der Waals surface area contributed by atoms with Gasteiger partial charge in [0.1, 0.15) is 5.82 Å². The zero-order chi connectivity index (χ0) is 8.27. The van der Waals surface area contributed by atoms with E-state index in [1.165, 1.54) is 19.1 Å². The van der Waals surface area contributed by atoms with Crippen LogP contribution in [-0.2, 0) is 4.79 Å². The Labute approximate surface area is 64.0 Å². The van der Waals surface area contributed by atoms with Crippen molar-refractivity contribution in [3.05, 3.63) is 30.1 Å². The van der Waals surface area contributed by atoms with Crippen LogP contribution >= 0.6 is 0 Å². The van der Waals surface area contributed by atoms with Crippen LogP contribution in [0, 0.1) is 11.9 Å². The lowest BCUT2D eigenvalue weighted by molar-refractivity contribution is -0.114. The van der Waals surface area contributed by atoms with Crippen molar-refractivity contribution >= 4 is 11.6 Å². The van der Waals surface area contributed by atoms with Crippen molar-refractivity contribution in [1.29, 1.82) is 0 Å². The number of benzene rings is 1. The van der Waals surface area contributed by atoms with Gasteiger partial charge in [-0.25, -0.2) is 4.39 Å². The summed E-state index contributed by atoms with van der Waals surface area (Å²) in [5.74, 6) is -0.688. The lowest BCUT2D eigenvalue weighted by atomic mass is 10.3. The Bertz CT molecular complexity index is 273. The molecule has 0 aliphatic heterocycles. The van der Waals surface area contributed by atoms with Crippen LogP contribution < -0.4 is 5.32 Å². The number of amides is 1. The molecule has 11 heavy (non-hydrogen) atoms. The van der Waals surface area contributed by atoms with Gasteiger partial charge in [0.05, 0.1) is 0 Å². The number of carbonyl (C=O) groups excluding carboxylic acids is 1. The van der Waals surface area contributed by atoms with Crippen molar-refractivity contribution in [2.24, 2.45) is 0 Å². The molecular formula is C8H7FNO. The summed E-state index contributed by atoms with van der Waals surface area (Å²) in [6, 6.07) is 6.53. The third-order valence-electron chi connectivity index (χ3n) is 1.09. The summed E-state index contributed by atoms with van der Waals surface area (Å²) in [5.41, 5.74) is 0.453. The highest BCUT2D eigenvalue weighted by Crippen LogP contribution is 2.07. The fraction of sp³-hybridized carbons (Fsp3) is 0.125. The maximum absolute atomic E-state index is 12.4. The summed E-state index contributed by atoms with van der Waals surface area (Å²) >= 11 is 0. The Hall–Kier alpha value is -1.38. The highest BCUT2D eigenvalue weighted by Gasteiger charge is 1.95. The molecule has 3 heteroatoms. The van der Waals surface area contributed by atoms with Crippen molar-refractivity contribution in [2.75, 3.05) is 5.32 Å². The molecule has 0 atom stereocenters. The molecule has 57 valence electrons. The molecule has 0 heterocycles. The molecule has 1 rings (SSSR count).